The van der Waals surface area contributed by atoms with E-state index in [0.717, 1.165) is 5.92 Å². The molecule has 1 aliphatic rings. The van der Waals surface area contributed by atoms with Crippen molar-refractivity contribution in [1.29, 1.82) is 0 Å². The van der Waals surface area contributed by atoms with Crippen molar-refractivity contribution in [2.45, 2.75) is 46.0 Å². The summed E-state index contributed by atoms with van der Waals surface area (Å²) >= 11 is 0. The zero-order chi connectivity index (χ0) is 10.2. The SMILES string of the molecule is C[C@@H]1C[C@@H](c2ccco2)CC(C)(C)C1. The van der Waals surface area contributed by atoms with E-state index in [1.54, 1.807) is 6.26 Å². The highest BCUT2D eigenvalue weighted by Gasteiger charge is 2.33. The van der Waals surface area contributed by atoms with E-state index in [2.05, 4.69) is 26.8 Å². The summed E-state index contributed by atoms with van der Waals surface area (Å²) in [6.45, 7) is 7.11. The van der Waals surface area contributed by atoms with Gasteiger partial charge in [0.1, 0.15) is 5.76 Å². The van der Waals surface area contributed by atoms with E-state index in [1.807, 2.05) is 6.07 Å². The van der Waals surface area contributed by atoms with E-state index in [-0.39, 0.29) is 0 Å². The Kier molecular flexibility index (Phi) is 2.42. The highest BCUT2D eigenvalue weighted by atomic mass is 16.3. The minimum atomic E-state index is 0.481. The third-order valence-electron chi connectivity index (χ3n) is 3.33. The molecule has 0 aromatic carbocycles. The van der Waals surface area contributed by atoms with Gasteiger partial charge in [0.25, 0.3) is 0 Å². The molecule has 1 fully saturated rings. The van der Waals surface area contributed by atoms with Crippen molar-refractivity contribution in [3.05, 3.63) is 24.2 Å². The van der Waals surface area contributed by atoms with E-state index >= 15 is 0 Å². The zero-order valence-corrected chi connectivity index (χ0v) is 9.42. The molecule has 1 heteroatoms. The minimum absolute atomic E-state index is 0.481. The van der Waals surface area contributed by atoms with E-state index < -0.39 is 0 Å². The van der Waals surface area contributed by atoms with Crippen molar-refractivity contribution in [2.24, 2.45) is 11.3 Å². The van der Waals surface area contributed by atoms with E-state index in [0.29, 0.717) is 11.3 Å². The molecule has 0 saturated heterocycles. The summed E-state index contributed by atoms with van der Waals surface area (Å²) in [5, 5.41) is 0. The molecule has 0 amide bonds. The molecule has 0 spiro atoms. The predicted octanol–water partition coefficient (Wildman–Crippen LogP) is 4.21. The summed E-state index contributed by atoms with van der Waals surface area (Å²) in [7, 11) is 0. The molecule has 2 atom stereocenters. The van der Waals surface area contributed by atoms with Crippen LogP contribution >= 0.6 is 0 Å². The first-order chi connectivity index (χ1) is 6.57. The van der Waals surface area contributed by atoms with E-state index in [9.17, 15) is 0 Å². The summed E-state index contributed by atoms with van der Waals surface area (Å²) in [5.74, 6) is 2.65. The molecule has 1 nitrogen and oxygen atoms in total. The molecule has 78 valence electrons. The van der Waals surface area contributed by atoms with Crippen molar-refractivity contribution in [3.8, 4) is 0 Å². The van der Waals surface area contributed by atoms with E-state index in [4.69, 9.17) is 4.42 Å². The minimum Gasteiger partial charge on any atom is -0.469 e. The van der Waals surface area contributed by atoms with Gasteiger partial charge in [0.05, 0.1) is 6.26 Å². The fraction of sp³-hybridized carbons (Fsp3) is 0.692. The average Bonchev–Trinajstić information content (AvgIpc) is 2.51. The van der Waals surface area contributed by atoms with Crippen molar-refractivity contribution < 1.29 is 4.42 Å². The molecule has 0 N–H and O–H groups in total. The first-order valence-corrected chi connectivity index (χ1v) is 5.60. The van der Waals surface area contributed by atoms with Gasteiger partial charge in [-0.25, -0.2) is 0 Å². The largest absolute Gasteiger partial charge is 0.469 e. The Morgan fingerprint density at radius 3 is 2.71 bits per heavy atom. The van der Waals surface area contributed by atoms with Crippen LogP contribution < -0.4 is 0 Å². The molecule has 0 unspecified atom stereocenters. The normalized spacial score (nSPS) is 31.6. The van der Waals surface area contributed by atoms with Gasteiger partial charge < -0.3 is 4.42 Å². The van der Waals surface area contributed by atoms with Gasteiger partial charge in [-0.3, -0.25) is 0 Å². The summed E-state index contributed by atoms with van der Waals surface area (Å²) in [5.41, 5.74) is 0.481. The van der Waals surface area contributed by atoms with Crippen LogP contribution in [0.2, 0.25) is 0 Å². The zero-order valence-electron chi connectivity index (χ0n) is 9.42. The lowest BCUT2D eigenvalue weighted by atomic mass is 9.67. The highest BCUT2D eigenvalue weighted by Crippen LogP contribution is 2.45. The van der Waals surface area contributed by atoms with Crippen LogP contribution in [0.3, 0.4) is 0 Å². The maximum Gasteiger partial charge on any atom is 0.106 e. The lowest BCUT2D eigenvalue weighted by Crippen LogP contribution is -2.26. The van der Waals surface area contributed by atoms with Gasteiger partial charge in [-0.1, -0.05) is 20.8 Å². The summed E-state index contributed by atoms with van der Waals surface area (Å²) in [4.78, 5) is 0. The van der Waals surface area contributed by atoms with Crippen LogP contribution in [0.25, 0.3) is 0 Å². The summed E-state index contributed by atoms with van der Waals surface area (Å²) in [6.07, 6.45) is 5.70. The first-order valence-electron chi connectivity index (χ1n) is 5.60. The van der Waals surface area contributed by atoms with Crippen LogP contribution in [0.5, 0.6) is 0 Å². The number of furan rings is 1. The third kappa shape index (κ3) is 2.02. The smallest absolute Gasteiger partial charge is 0.106 e. The van der Waals surface area contributed by atoms with Crippen LogP contribution in [0, 0.1) is 11.3 Å². The Hall–Kier alpha value is -0.720. The van der Waals surface area contributed by atoms with Crippen LogP contribution in [0.1, 0.15) is 51.7 Å². The Morgan fingerprint density at radius 1 is 1.36 bits per heavy atom. The van der Waals surface area contributed by atoms with Crippen molar-refractivity contribution in [3.63, 3.8) is 0 Å². The molecule has 1 heterocycles. The summed E-state index contributed by atoms with van der Waals surface area (Å²) < 4.78 is 5.51. The van der Waals surface area contributed by atoms with Crippen LogP contribution in [0.15, 0.2) is 22.8 Å². The van der Waals surface area contributed by atoms with Gasteiger partial charge in [0.15, 0.2) is 0 Å². The second-order valence-electron chi connectivity index (χ2n) is 5.63. The Labute approximate surface area is 86.5 Å². The van der Waals surface area contributed by atoms with Gasteiger partial charge in [-0.05, 0) is 42.7 Å². The monoisotopic (exact) mass is 192 g/mol. The Balaban J connectivity index is 2.14. The molecule has 2 rings (SSSR count). The second-order valence-corrected chi connectivity index (χ2v) is 5.63. The lowest BCUT2D eigenvalue weighted by Gasteiger charge is -2.38. The maximum absolute atomic E-state index is 5.51. The Bertz CT molecular complexity index is 284. The average molecular weight is 192 g/mol. The van der Waals surface area contributed by atoms with Crippen molar-refractivity contribution in [1.82, 2.24) is 0 Å². The van der Waals surface area contributed by atoms with Gasteiger partial charge >= 0.3 is 0 Å². The molecule has 1 aromatic rings. The van der Waals surface area contributed by atoms with Crippen LogP contribution in [-0.4, -0.2) is 0 Å². The molecular weight excluding hydrogens is 172 g/mol. The standard InChI is InChI=1S/C13H20O/c1-10-7-11(9-13(2,3)8-10)12-5-4-6-14-12/h4-6,10-11H,7-9H2,1-3H3/t10-,11-/m1/s1. The fourth-order valence-corrected chi connectivity index (χ4v) is 3.09. The third-order valence-corrected chi connectivity index (χ3v) is 3.33. The molecule has 14 heavy (non-hydrogen) atoms. The molecule has 1 aromatic heterocycles. The second kappa shape index (κ2) is 3.45. The fourth-order valence-electron chi connectivity index (χ4n) is 3.09. The topological polar surface area (TPSA) is 13.1 Å². The van der Waals surface area contributed by atoms with E-state index in [1.165, 1.54) is 25.0 Å². The predicted molar refractivity (Wildman–Crippen MR) is 58.2 cm³/mol. The van der Waals surface area contributed by atoms with Crippen LogP contribution in [0.4, 0.5) is 0 Å². The molecule has 0 radical (unpaired) electrons. The number of hydrogen-bond donors (Lipinski definition) is 0. The number of hydrogen-bond acceptors (Lipinski definition) is 1. The van der Waals surface area contributed by atoms with Crippen molar-refractivity contribution in [2.75, 3.05) is 0 Å². The lowest BCUT2D eigenvalue weighted by molar-refractivity contribution is 0.157. The quantitative estimate of drug-likeness (QED) is 0.649. The molecule has 1 aliphatic carbocycles. The molecule has 0 aliphatic heterocycles. The molecular formula is C13H20O. The van der Waals surface area contributed by atoms with Gasteiger partial charge in [0.2, 0.25) is 0 Å². The van der Waals surface area contributed by atoms with Gasteiger partial charge in [-0.15, -0.1) is 0 Å². The summed E-state index contributed by atoms with van der Waals surface area (Å²) in [6, 6.07) is 4.13. The first kappa shape index (κ1) is 9.82. The maximum atomic E-state index is 5.51. The van der Waals surface area contributed by atoms with Crippen LogP contribution in [-0.2, 0) is 0 Å². The van der Waals surface area contributed by atoms with Gasteiger partial charge in [0, 0.05) is 5.92 Å². The molecule has 0 bridgehead atoms. The molecule has 1 saturated carbocycles. The van der Waals surface area contributed by atoms with Crippen molar-refractivity contribution >= 4 is 0 Å². The van der Waals surface area contributed by atoms with Gasteiger partial charge in [-0.2, -0.15) is 0 Å². The highest BCUT2D eigenvalue weighted by molar-refractivity contribution is 5.08. The number of rotatable bonds is 1. The Morgan fingerprint density at radius 2 is 2.14 bits per heavy atom.